The molecule has 1 unspecified atom stereocenters. The highest BCUT2D eigenvalue weighted by Gasteiger charge is 2.63. The molecule has 0 spiro atoms. The standard InChI is InChI=1S/C40H34F6N4O2/c1-23(2)31-18-29(11-14-36(31)52-30-12-10-25(4)26(5)17-30)35-19-34(39(41,42)43)32(21-48)37(51)50(35)38(40(44,45)46,33-13-9-24(3)16-27(33)6)49-15-7-8-28(20-47)22-49/h7-19,23H,22H2,1-6H3. The monoisotopic (exact) mass is 716 g/mol. The molecule has 6 nitrogen and oxygen atoms in total. The maximum absolute atomic E-state index is 16.4. The summed E-state index contributed by atoms with van der Waals surface area (Å²) in [5.41, 5.74) is -7.02. The van der Waals surface area contributed by atoms with Crippen molar-refractivity contribution in [3.05, 3.63) is 139 Å². The summed E-state index contributed by atoms with van der Waals surface area (Å²) >= 11 is 0. The molecule has 1 aliphatic rings. The third-order valence-corrected chi connectivity index (χ3v) is 9.20. The number of aromatic nitrogens is 1. The van der Waals surface area contributed by atoms with E-state index in [2.05, 4.69) is 0 Å². The minimum atomic E-state index is -5.44. The lowest BCUT2D eigenvalue weighted by atomic mass is 9.88. The van der Waals surface area contributed by atoms with Gasteiger partial charge >= 0.3 is 12.4 Å². The van der Waals surface area contributed by atoms with E-state index < -0.39 is 52.5 Å². The Balaban J connectivity index is 1.96. The largest absolute Gasteiger partial charge is 0.457 e. The van der Waals surface area contributed by atoms with Crippen molar-refractivity contribution in [1.82, 2.24) is 9.47 Å². The minimum absolute atomic E-state index is 0.0649. The van der Waals surface area contributed by atoms with Crippen LogP contribution in [0.4, 0.5) is 26.3 Å². The van der Waals surface area contributed by atoms with Gasteiger partial charge in [0.2, 0.25) is 5.66 Å². The van der Waals surface area contributed by atoms with Gasteiger partial charge in [0.25, 0.3) is 5.56 Å². The molecular formula is C40H34F6N4O2. The number of hydrogen-bond acceptors (Lipinski definition) is 5. The van der Waals surface area contributed by atoms with Crippen molar-refractivity contribution < 1.29 is 31.1 Å². The smallest absolute Gasteiger partial charge is 0.435 e. The summed E-state index contributed by atoms with van der Waals surface area (Å²) in [6.45, 7) is 9.78. The summed E-state index contributed by atoms with van der Waals surface area (Å²) in [6.07, 6.45) is -7.18. The van der Waals surface area contributed by atoms with Gasteiger partial charge in [0.1, 0.15) is 23.1 Å². The lowest BCUT2D eigenvalue weighted by molar-refractivity contribution is -0.241. The van der Waals surface area contributed by atoms with Crippen molar-refractivity contribution in [3.8, 4) is 34.9 Å². The first-order valence-corrected chi connectivity index (χ1v) is 16.2. The van der Waals surface area contributed by atoms with Crippen LogP contribution in [0.25, 0.3) is 11.3 Å². The fraction of sp³-hybridized carbons (Fsp3) is 0.275. The van der Waals surface area contributed by atoms with Gasteiger partial charge in [0.15, 0.2) is 0 Å². The first-order valence-electron chi connectivity index (χ1n) is 16.2. The highest BCUT2D eigenvalue weighted by atomic mass is 19.4. The number of benzene rings is 3. The van der Waals surface area contributed by atoms with Crippen molar-refractivity contribution in [3.63, 3.8) is 0 Å². The van der Waals surface area contributed by atoms with E-state index in [9.17, 15) is 28.5 Å². The number of nitriles is 2. The van der Waals surface area contributed by atoms with Crippen LogP contribution >= 0.6 is 0 Å². The Hall–Kier alpha value is -5.75. The minimum Gasteiger partial charge on any atom is -0.457 e. The molecule has 52 heavy (non-hydrogen) atoms. The zero-order valence-electron chi connectivity index (χ0n) is 29.2. The molecule has 4 aromatic rings. The fourth-order valence-corrected chi connectivity index (χ4v) is 6.53. The third-order valence-electron chi connectivity index (χ3n) is 9.20. The lowest BCUT2D eigenvalue weighted by Crippen LogP contribution is -2.63. The van der Waals surface area contributed by atoms with Crippen LogP contribution in [-0.2, 0) is 11.8 Å². The first-order chi connectivity index (χ1) is 24.3. The SMILES string of the molecule is Cc1ccc(C(N2C=CC=C(C#N)C2)(n2c(-c3ccc(Oc4ccc(C)c(C)c4)c(C(C)C)c3)cc(C(F)(F)F)c(C#N)c2=O)C(F)(F)F)c(C)c1. The van der Waals surface area contributed by atoms with E-state index in [4.69, 9.17) is 4.74 Å². The molecule has 12 heteroatoms. The molecule has 3 aromatic carbocycles. The molecule has 268 valence electrons. The molecule has 0 amide bonds. The number of allylic oxidation sites excluding steroid dienone is 2. The predicted molar refractivity (Wildman–Crippen MR) is 185 cm³/mol. The average molecular weight is 717 g/mol. The first kappa shape index (κ1) is 37.5. The molecular weight excluding hydrogens is 682 g/mol. The third kappa shape index (κ3) is 6.57. The Morgan fingerprint density at radius 1 is 0.808 bits per heavy atom. The van der Waals surface area contributed by atoms with Crippen LogP contribution in [0.2, 0.25) is 0 Å². The number of ether oxygens (including phenoxy) is 1. The Morgan fingerprint density at radius 3 is 2.10 bits per heavy atom. The number of rotatable bonds is 7. The predicted octanol–water partition coefficient (Wildman–Crippen LogP) is 10.1. The van der Waals surface area contributed by atoms with E-state index in [1.807, 2.05) is 26.0 Å². The van der Waals surface area contributed by atoms with Crippen LogP contribution < -0.4 is 10.3 Å². The molecule has 1 aromatic heterocycles. The number of hydrogen-bond donors (Lipinski definition) is 0. The van der Waals surface area contributed by atoms with Gasteiger partial charge in [0.05, 0.1) is 23.9 Å². The summed E-state index contributed by atoms with van der Waals surface area (Å²) in [5.74, 6) is 0.429. The molecule has 0 saturated carbocycles. The van der Waals surface area contributed by atoms with E-state index in [0.29, 0.717) is 33.6 Å². The van der Waals surface area contributed by atoms with Gasteiger partial charge in [-0.2, -0.15) is 36.9 Å². The van der Waals surface area contributed by atoms with Crippen LogP contribution in [-0.4, -0.2) is 22.2 Å². The number of pyridine rings is 1. The number of halogens is 6. The highest BCUT2D eigenvalue weighted by molar-refractivity contribution is 5.67. The van der Waals surface area contributed by atoms with Gasteiger partial charge in [0, 0.05) is 17.3 Å². The van der Waals surface area contributed by atoms with E-state index >= 15 is 13.2 Å². The van der Waals surface area contributed by atoms with Crippen LogP contribution in [0, 0.1) is 50.4 Å². The Bertz CT molecular complexity index is 2270. The average Bonchev–Trinajstić information content (AvgIpc) is 3.07. The van der Waals surface area contributed by atoms with Crippen molar-refractivity contribution in [2.45, 2.75) is 65.5 Å². The van der Waals surface area contributed by atoms with Crippen molar-refractivity contribution in [1.29, 1.82) is 10.5 Å². The van der Waals surface area contributed by atoms with Crippen LogP contribution in [0.5, 0.6) is 11.5 Å². The molecule has 5 rings (SSSR count). The van der Waals surface area contributed by atoms with E-state index in [1.54, 1.807) is 32.9 Å². The van der Waals surface area contributed by atoms with Gasteiger partial charge in [-0.3, -0.25) is 9.36 Å². The number of alkyl halides is 6. The second-order valence-corrected chi connectivity index (χ2v) is 13.1. The summed E-state index contributed by atoms with van der Waals surface area (Å²) in [7, 11) is 0. The second-order valence-electron chi connectivity index (χ2n) is 13.1. The summed E-state index contributed by atoms with van der Waals surface area (Å²) in [4.78, 5) is 15.2. The molecule has 1 aliphatic heterocycles. The molecule has 1 atom stereocenters. The van der Waals surface area contributed by atoms with E-state index in [-0.39, 0.29) is 27.2 Å². The Morgan fingerprint density at radius 2 is 1.52 bits per heavy atom. The Kier molecular flexibility index (Phi) is 9.92. The van der Waals surface area contributed by atoms with Crippen molar-refractivity contribution >= 4 is 0 Å². The summed E-state index contributed by atoms with van der Waals surface area (Å²) in [5, 5.41) is 19.7. The Labute approximate surface area is 297 Å². The molecule has 0 N–H and O–H groups in total. The molecule has 2 heterocycles. The maximum Gasteiger partial charge on any atom is 0.435 e. The van der Waals surface area contributed by atoms with Crippen LogP contribution in [0.15, 0.2) is 89.4 Å². The quantitative estimate of drug-likeness (QED) is 0.178. The zero-order chi connectivity index (χ0) is 38.3. The van der Waals surface area contributed by atoms with Gasteiger partial charge in [-0.15, -0.1) is 0 Å². The topological polar surface area (TPSA) is 82.0 Å². The molecule has 0 aliphatic carbocycles. The second kappa shape index (κ2) is 13.8. The zero-order valence-corrected chi connectivity index (χ0v) is 29.2. The number of aryl methyl sites for hydroxylation is 4. The highest BCUT2D eigenvalue weighted by Crippen LogP contribution is 2.50. The lowest BCUT2D eigenvalue weighted by Gasteiger charge is -2.48. The molecule has 0 saturated heterocycles. The summed E-state index contributed by atoms with van der Waals surface area (Å²) in [6, 6.07) is 17.0. The summed E-state index contributed by atoms with van der Waals surface area (Å²) < 4.78 is 99.5. The van der Waals surface area contributed by atoms with Crippen LogP contribution in [0.1, 0.15) is 64.3 Å². The van der Waals surface area contributed by atoms with Gasteiger partial charge < -0.3 is 9.64 Å². The number of nitrogens with zero attached hydrogens (tertiary/aromatic N) is 4. The fourth-order valence-electron chi connectivity index (χ4n) is 6.53. The van der Waals surface area contributed by atoms with Gasteiger partial charge in [-0.25, -0.2) is 0 Å². The molecule has 0 radical (unpaired) electrons. The van der Waals surface area contributed by atoms with E-state index in [0.717, 1.165) is 23.4 Å². The van der Waals surface area contributed by atoms with E-state index in [1.165, 1.54) is 55.5 Å². The normalized spacial score (nSPS) is 14.4. The maximum atomic E-state index is 16.4. The van der Waals surface area contributed by atoms with Gasteiger partial charge in [-0.05, 0) is 110 Å². The van der Waals surface area contributed by atoms with Gasteiger partial charge in [-0.1, -0.05) is 43.7 Å². The van der Waals surface area contributed by atoms with Crippen molar-refractivity contribution in [2.24, 2.45) is 0 Å². The van der Waals surface area contributed by atoms with Crippen LogP contribution in [0.3, 0.4) is 0 Å². The molecule has 0 fully saturated rings. The molecule has 0 bridgehead atoms. The van der Waals surface area contributed by atoms with Crippen molar-refractivity contribution in [2.75, 3.05) is 6.54 Å².